The van der Waals surface area contributed by atoms with Crippen molar-refractivity contribution in [1.82, 2.24) is 4.57 Å². The summed E-state index contributed by atoms with van der Waals surface area (Å²) in [5, 5.41) is 0. The first-order valence-corrected chi connectivity index (χ1v) is 5.87. The Morgan fingerprint density at radius 1 is 1.38 bits per heavy atom. The van der Waals surface area contributed by atoms with Crippen molar-refractivity contribution in [2.45, 2.75) is 39.2 Å². The molecule has 0 amide bonds. The van der Waals surface area contributed by atoms with Crippen LogP contribution in [-0.4, -0.2) is 10.4 Å². The monoisotopic (exact) mass is 219 g/mol. The lowest BCUT2D eigenvalue weighted by atomic mass is 10.0. The van der Waals surface area contributed by atoms with Gasteiger partial charge in [0.15, 0.2) is 5.78 Å². The zero-order valence-corrected chi connectivity index (χ0v) is 9.61. The van der Waals surface area contributed by atoms with E-state index in [1.165, 1.54) is 6.07 Å². The van der Waals surface area contributed by atoms with Gasteiger partial charge >= 0.3 is 0 Å². The van der Waals surface area contributed by atoms with E-state index in [0.717, 1.165) is 31.4 Å². The minimum Gasteiger partial charge on any atom is -0.306 e. The lowest BCUT2D eigenvalue weighted by molar-refractivity contribution is -0.123. The van der Waals surface area contributed by atoms with Crippen molar-refractivity contribution in [1.29, 1.82) is 0 Å². The van der Waals surface area contributed by atoms with Crippen LogP contribution in [0.5, 0.6) is 0 Å². The molecule has 0 bridgehead atoms. The maximum Gasteiger partial charge on any atom is 0.251 e. The molecule has 1 fully saturated rings. The van der Waals surface area contributed by atoms with E-state index >= 15 is 0 Å². The summed E-state index contributed by atoms with van der Waals surface area (Å²) in [6.07, 6.45) is 4.30. The van der Waals surface area contributed by atoms with Crippen molar-refractivity contribution >= 4 is 5.78 Å². The molecule has 0 radical (unpaired) electrons. The molecule has 1 aromatic rings. The van der Waals surface area contributed by atoms with Gasteiger partial charge in [-0.05, 0) is 25.8 Å². The number of hydrogen-bond donors (Lipinski definition) is 0. The molecule has 1 aliphatic rings. The van der Waals surface area contributed by atoms with E-state index in [-0.39, 0.29) is 23.8 Å². The number of pyridine rings is 1. The summed E-state index contributed by atoms with van der Waals surface area (Å²) in [6, 6.07) is 5.10. The standard InChI is InChI=1S/C13H17NO2/c1-10-5-4-8-13(16)14(10)9-12(15)11-6-2-3-7-11/h4-5,8,11H,2-3,6-7,9H2,1H3. The van der Waals surface area contributed by atoms with E-state index in [1.54, 1.807) is 10.6 Å². The summed E-state index contributed by atoms with van der Waals surface area (Å²) in [4.78, 5) is 23.6. The third kappa shape index (κ3) is 2.23. The Balaban J connectivity index is 2.14. The first kappa shape index (κ1) is 11.1. The fourth-order valence-corrected chi connectivity index (χ4v) is 2.36. The fourth-order valence-electron chi connectivity index (χ4n) is 2.36. The van der Waals surface area contributed by atoms with Crippen molar-refractivity contribution in [3.63, 3.8) is 0 Å². The molecule has 0 N–H and O–H groups in total. The van der Waals surface area contributed by atoms with E-state index in [0.29, 0.717) is 0 Å². The molecule has 1 aromatic heterocycles. The molecule has 0 unspecified atom stereocenters. The molecule has 0 atom stereocenters. The number of Topliss-reactive ketones (excluding diaryl/α,β-unsaturated/α-hetero) is 1. The summed E-state index contributed by atoms with van der Waals surface area (Å²) in [6.45, 7) is 2.11. The van der Waals surface area contributed by atoms with E-state index in [4.69, 9.17) is 0 Å². The number of carbonyl (C=O) groups is 1. The van der Waals surface area contributed by atoms with E-state index in [2.05, 4.69) is 0 Å². The summed E-state index contributed by atoms with van der Waals surface area (Å²) < 4.78 is 1.57. The average molecular weight is 219 g/mol. The highest BCUT2D eigenvalue weighted by atomic mass is 16.1. The van der Waals surface area contributed by atoms with Gasteiger partial charge < -0.3 is 4.57 Å². The number of rotatable bonds is 3. The predicted octanol–water partition coefficient (Wildman–Crippen LogP) is 1.92. The summed E-state index contributed by atoms with van der Waals surface area (Å²) in [5.74, 6) is 0.403. The van der Waals surface area contributed by atoms with Crippen LogP contribution >= 0.6 is 0 Å². The summed E-state index contributed by atoms with van der Waals surface area (Å²) in [7, 11) is 0. The van der Waals surface area contributed by atoms with Gasteiger partial charge in [0.25, 0.3) is 5.56 Å². The van der Waals surface area contributed by atoms with Gasteiger partial charge in [-0.25, -0.2) is 0 Å². The van der Waals surface area contributed by atoms with Gasteiger partial charge in [0.2, 0.25) is 0 Å². The first-order valence-electron chi connectivity index (χ1n) is 5.87. The van der Waals surface area contributed by atoms with Crippen molar-refractivity contribution < 1.29 is 4.79 Å². The zero-order valence-electron chi connectivity index (χ0n) is 9.61. The molecule has 1 heterocycles. The molecule has 16 heavy (non-hydrogen) atoms. The van der Waals surface area contributed by atoms with Crippen LogP contribution in [0.25, 0.3) is 0 Å². The minimum absolute atomic E-state index is 0.0775. The van der Waals surface area contributed by atoms with Crippen LogP contribution in [-0.2, 0) is 11.3 Å². The van der Waals surface area contributed by atoms with Crippen LogP contribution in [0.15, 0.2) is 23.0 Å². The van der Waals surface area contributed by atoms with Crippen LogP contribution in [0.1, 0.15) is 31.4 Å². The van der Waals surface area contributed by atoms with Gasteiger partial charge in [-0.1, -0.05) is 18.9 Å². The third-order valence-corrected chi connectivity index (χ3v) is 3.39. The van der Waals surface area contributed by atoms with Gasteiger partial charge in [-0.2, -0.15) is 0 Å². The highest BCUT2D eigenvalue weighted by Crippen LogP contribution is 2.25. The van der Waals surface area contributed by atoms with Crippen LogP contribution < -0.4 is 5.56 Å². The third-order valence-electron chi connectivity index (χ3n) is 3.39. The number of aromatic nitrogens is 1. The van der Waals surface area contributed by atoms with E-state index in [9.17, 15) is 9.59 Å². The molecule has 0 spiro atoms. The quantitative estimate of drug-likeness (QED) is 0.779. The molecule has 0 aliphatic heterocycles. The second-order valence-electron chi connectivity index (χ2n) is 4.54. The normalized spacial score (nSPS) is 16.6. The largest absolute Gasteiger partial charge is 0.306 e. The highest BCUT2D eigenvalue weighted by molar-refractivity contribution is 5.81. The van der Waals surface area contributed by atoms with Crippen LogP contribution in [0, 0.1) is 12.8 Å². The molecule has 3 nitrogen and oxygen atoms in total. The lowest BCUT2D eigenvalue weighted by Crippen LogP contribution is -2.27. The van der Waals surface area contributed by atoms with Gasteiger partial charge in [-0.3, -0.25) is 9.59 Å². The highest BCUT2D eigenvalue weighted by Gasteiger charge is 2.22. The molecular weight excluding hydrogens is 202 g/mol. The first-order chi connectivity index (χ1) is 7.68. The van der Waals surface area contributed by atoms with Crippen molar-refractivity contribution in [2.24, 2.45) is 5.92 Å². The second-order valence-corrected chi connectivity index (χ2v) is 4.54. The Bertz CT molecular complexity index is 441. The van der Waals surface area contributed by atoms with Gasteiger partial charge in [0.1, 0.15) is 0 Å². The Morgan fingerprint density at radius 3 is 2.69 bits per heavy atom. The van der Waals surface area contributed by atoms with Crippen molar-refractivity contribution in [3.05, 3.63) is 34.2 Å². The SMILES string of the molecule is Cc1cccc(=O)n1CC(=O)C1CCCC1. The van der Waals surface area contributed by atoms with Gasteiger partial charge in [0, 0.05) is 17.7 Å². The number of carbonyl (C=O) groups excluding carboxylic acids is 1. The number of aryl methyl sites for hydroxylation is 1. The molecule has 86 valence electrons. The van der Waals surface area contributed by atoms with E-state index < -0.39 is 0 Å². The van der Waals surface area contributed by atoms with Crippen LogP contribution in [0.4, 0.5) is 0 Å². The molecule has 2 rings (SSSR count). The van der Waals surface area contributed by atoms with Crippen molar-refractivity contribution in [2.75, 3.05) is 0 Å². The van der Waals surface area contributed by atoms with Gasteiger partial charge in [0.05, 0.1) is 6.54 Å². The molecule has 0 aromatic carbocycles. The molecule has 0 saturated heterocycles. The average Bonchev–Trinajstić information content (AvgIpc) is 2.76. The smallest absolute Gasteiger partial charge is 0.251 e. The summed E-state index contributed by atoms with van der Waals surface area (Å²) >= 11 is 0. The van der Waals surface area contributed by atoms with E-state index in [1.807, 2.05) is 13.0 Å². The molecule has 1 saturated carbocycles. The zero-order chi connectivity index (χ0) is 11.5. The maximum atomic E-state index is 12.0. The Labute approximate surface area is 95.1 Å². The fraction of sp³-hybridized carbons (Fsp3) is 0.538. The molecule has 3 heteroatoms. The number of nitrogens with zero attached hydrogens (tertiary/aromatic N) is 1. The Hall–Kier alpha value is -1.38. The predicted molar refractivity (Wildman–Crippen MR) is 62.4 cm³/mol. The molecular formula is C13H17NO2. The summed E-state index contributed by atoms with van der Waals surface area (Å²) in [5.41, 5.74) is 0.783. The Morgan fingerprint density at radius 2 is 2.06 bits per heavy atom. The topological polar surface area (TPSA) is 39.1 Å². The second kappa shape index (κ2) is 4.64. The lowest BCUT2D eigenvalue weighted by Gasteiger charge is -2.11. The van der Waals surface area contributed by atoms with Crippen LogP contribution in [0.2, 0.25) is 0 Å². The minimum atomic E-state index is -0.0775. The van der Waals surface area contributed by atoms with Crippen molar-refractivity contribution in [3.8, 4) is 0 Å². The Kier molecular flexibility index (Phi) is 3.22. The number of ketones is 1. The maximum absolute atomic E-state index is 12.0. The molecule has 1 aliphatic carbocycles. The van der Waals surface area contributed by atoms with Crippen LogP contribution in [0.3, 0.4) is 0 Å². The number of hydrogen-bond acceptors (Lipinski definition) is 2. The van der Waals surface area contributed by atoms with Gasteiger partial charge in [-0.15, -0.1) is 0 Å².